The normalized spacial score (nSPS) is 14.9. The number of nitrogens with zero attached hydrogens (tertiary/aromatic N) is 4. The van der Waals surface area contributed by atoms with E-state index in [2.05, 4.69) is 10.2 Å². The smallest absolute Gasteiger partial charge is 0.256 e. The van der Waals surface area contributed by atoms with Crippen molar-refractivity contribution < 1.29 is 4.79 Å². The zero-order chi connectivity index (χ0) is 22.6. The minimum absolute atomic E-state index is 0.0678. The van der Waals surface area contributed by atoms with Gasteiger partial charge in [-0.3, -0.25) is 9.69 Å². The average molecular weight is 460 g/mol. The first-order valence-corrected chi connectivity index (χ1v) is 11.6. The number of nitrogens with one attached hydrogen (secondary N) is 1. The van der Waals surface area contributed by atoms with E-state index in [4.69, 9.17) is 16.6 Å². The lowest BCUT2D eigenvalue weighted by molar-refractivity contribution is 0.0762. The van der Waals surface area contributed by atoms with Crippen molar-refractivity contribution in [2.24, 2.45) is 0 Å². The number of pyridine rings is 1. The number of carbonyl (C=O) groups is 1. The molecule has 0 unspecified atom stereocenters. The molecule has 0 aliphatic carbocycles. The molecule has 168 valence electrons. The topological polar surface area (TPSA) is 52.9 Å². The van der Waals surface area contributed by atoms with Gasteiger partial charge in [0.25, 0.3) is 5.91 Å². The molecule has 2 aromatic carbocycles. The third-order valence-electron chi connectivity index (χ3n) is 5.94. The third kappa shape index (κ3) is 5.02. The van der Waals surface area contributed by atoms with Crippen LogP contribution in [0.2, 0.25) is 5.02 Å². The van der Waals surface area contributed by atoms with Crippen LogP contribution >= 0.6 is 11.6 Å². The first-order chi connectivity index (χ1) is 16.2. The van der Waals surface area contributed by atoms with E-state index < -0.39 is 0 Å². The number of amides is 1. The van der Waals surface area contributed by atoms with Crippen molar-refractivity contribution in [2.75, 3.05) is 31.5 Å². The Labute approximate surface area is 198 Å². The van der Waals surface area contributed by atoms with E-state index in [9.17, 15) is 4.79 Å². The van der Waals surface area contributed by atoms with E-state index in [-0.39, 0.29) is 5.91 Å². The monoisotopic (exact) mass is 459 g/mol. The molecule has 1 fully saturated rings. The van der Waals surface area contributed by atoms with Crippen LogP contribution in [-0.4, -0.2) is 51.3 Å². The summed E-state index contributed by atoms with van der Waals surface area (Å²) in [6.45, 7) is 3.94. The van der Waals surface area contributed by atoms with Crippen molar-refractivity contribution in [2.45, 2.75) is 13.0 Å². The molecular formula is C26H26ClN5O. The van der Waals surface area contributed by atoms with Gasteiger partial charge in [0, 0.05) is 50.8 Å². The summed E-state index contributed by atoms with van der Waals surface area (Å²) in [5, 5.41) is 4.08. The fraction of sp³-hybridized carbons (Fsp3) is 0.231. The largest absolute Gasteiger partial charge is 0.355 e. The number of carbonyl (C=O) groups excluding carboxylic acids is 1. The van der Waals surface area contributed by atoms with Gasteiger partial charge in [-0.15, -0.1) is 0 Å². The van der Waals surface area contributed by atoms with Crippen LogP contribution in [0, 0.1) is 0 Å². The van der Waals surface area contributed by atoms with Gasteiger partial charge in [0.15, 0.2) is 0 Å². The predicted octanol–water partition coefficient (Wildman–Crippen LogP) is 5.08. The summed E-state index contributed by atoms with van der Waals surface area (Å²) in [4.78, 5) is 22.5. The van der Waals surface area contributed by atoms with Gasteiger partial charge >= 0.3 is 0 Å². The van der Waals surface area contributed by atoms with Crippen LogP contribution in [0.5, 0.6) is 0 Å². The van der Waals surface area contributed by atoms with Gasteiger partial charge < -0.3 is 14.6 Å². The van der Waals surface area contributed by atoms with Gasteiger partial charge in [0.1, 0.15) is 5.65 Å². The number of imidazole rings is 1. The second-order valence-electron chi connectivity index (χ2n) is 8.30. The molecule has 1 saturated heterocycles. The molecule has 0 bridgehead atoms. The lowest BCUT2D eigenvalue weighted by Gasteiger charge is -2.23. The Kier molecular flexibility index (Phi) is 6.28. The number of halogens is 1. The first kappa shape index (κ1) is 21.5. The van der Waals surface area contributed by atoms with Crippen molar-refractivity contribution in [1.82, 2.24) is 19.2 Å². The number of benzene rings is 2. The maximum atomic E-state index is 13.4. The average Bonchev–Trinajstić information content (AvgIpc) is 3.07. The molecule has 1 N–H and O–H groups in total. The molecule has 5 rings (SSSR count). The van der Waals surface area contributed by atoms with E-state index in [1.807, 2.05) is 88.4 Å². The zero-order valence-electron chi connectivity index (χ0n) is 18.3. The summed E-state index contributed by atoms with van der Waals surface area (Å²) in [7, 11) is 0. The van der Waals surface area contributed by atoms with E-state index in [1.165, 1.54) is 0 Å². The van der Waals surface area contributed by atoms with Crippen molar-refractivity contribution in [3.8, 4) is 0 Å². The molecule has 1 aliphatic heterocycles. The lowest BCUT2D eigenvalue weighted by Crippen LogP contribution is -2.35. The summed E-state index contributed by atoms with van der Waals surface area (Å²) in [5.41, 5.74) is 4.40. The fourth-order valence-electron chi connectivity index (χ4n) is 4.28. The molecule has 0 saturated carbocycles. The maximum Gasteiger partial charge on any atom is 0.256 e. The van der Waals surface area contributed by atoms with Crippen molar-refractivity contribution in [3.05, 3.63) is 95.4 Å². The number of hydrogen-bond donors (Lipinski definition) is 1. The number of aromatic nitrogens is 2. The summed E-state index contributed by atoms with van der Waals surface area (Å²) >= 11 is 6.09. The highest BCUT2D eigenvalue weighted by atomic mass is 35.5. The van der Waals surface area contributed by atoms with Crippen LogP contribution in [0.3, 0.4) is 0 Å². The highest BCUT2D eigenvalue weighted by molar-refractivity contribution is 6.30. The standard InChI is InChI=1S/C26H26ClN5O/c27-20-11-12-25-29-22(19-32(25)17-20)18-30-13-6-14-31(16-15-30)26(33)23-9-4-5-10-24(23)28-21-7-2-1-3-8-21/h1-5,7-12,17,19,28H,6,13-16,18H2. The summed E-state index contributed by atoms with van der Waals surface area (Å²) in [6, 6.07) is 21.4. The van der Waals surface area contributed by atoms with Crippen LogP contribution in [-0.2, 0) is 6.54 Å². The van der Waals surface area contributed by atoms with Gasteiger partial charge in [0.05, 0.1) is 22.0 Å². The van der Waals surface area contributed by atoms with Gasteiger partial charge in [-0.2, -0.15) is 0 Å². The van der Waals surface area contributed by atoms with E-state index in [0.29, 0.717) is 17.1 Å². The minimum atomic E-state index is 0.0678. The summed E-state index contributed by atoms with van der Waals surface area (Å²) < 4.78 is 1.96. The predicted molar refractivity (Wildman–Crippen MR) is 132 cm³/mol. The number of para-hydroxylation sites is 2. The second-order valence-corrected chi connectivity index (χ2v) is 8.74. The second kappa shape index (κ2) is 9.65. The van der Waals surface area contributed by atoms with Gasteiger partial charge in [-0.05, 0) is 42.8 Å². The SMILES string of the molecule is O=C(c1ccccc1Nc1ccccc1)N1CCCN(Cc2cn3cc(Cl)ccc3n2)CC1. The van der Waals surface area contributed by atoms with E-state index in [0.717, 1.165) is 55.3 Å². The van der Waals surface area contributed by atoms with Gasteiger partial charge in [-0.25, -0.2) is 4.98 Å². The molecule has 3 heterocycles. The molecule has 6 nitrogen and oxygen atoms in total. The fourth-order valence-corrected chi connectivity index (χ4v) is 4.45. The molecule has 33 heavy (non-hydrogen) atoms. The third-order valence-corrected chi connectivity index (χ3v) is 6.16. The van der Waals surface area contributed by atoms with Gasteiger partial charge in [-0.1, -0.05) is 41.9 Å². The zero-order valence-corrected chi connectivity index (χ0v) is 19.1. The van der Waals surface area contributed by atoms with Crippen molar-refractivity contribution >= 4 is 34.5 Å². The Morgan fingerprint density at radius 3 is 2.61 bits per heavy atom. The number of hydrogen-bond acceptors (Lipinski definition) is 4. The number of fused-ring (bicyclic) bond motifs is 1. The van der Waals surface area contributed by atoms with Crippen molar-refractivity contribution in [3.63, 3.8) is 0 Å². The lowest BCUT2D eigenvalue weighted by atomic mass is 10.1. The molecule has 4 aromatic rings. The number of rotatable bonds is 5. The summed E-state index contributed by atoms with van der Waals surface area (Å²) in [5.74, 6) is 0.0678. The summed E-state index contributed by atoms with van der Waals surface area (Å²) in [6.07, 6.45) is 4.83. The van der Waals surface area contributed by atoms with Crippen LogP contribution < -0.4 is 5.32 Å². The Morgan fingerprint density at radius 1 is 0.909 bits per heavy atom. The molecule has 2 aromatic heterocycles. The minimum Gasteiger partial charge on any atom is -0.355 e. The van der Waals surface area contributed by atoms with Crippen LogP contribution in [0.25, 0.3) is 5.65 Å². The molecule has 0 spiro atoms. The van der Waals surface area contributed by atoms with E-state index in [1.54, 1.807) is 0 Å². The highest BCUT2D eigenvalue weighted by Gasteiger charge is 2.22. The Morgan fingerprint density at radius 2 is 1.73 bits per heavy atom. The van der Waals surface area contributed by atoms with Crippen LogP contribution in [0.1, 0.15) is 22.5 Å². The first-order valence-electron chi connectivity index (χ1n) is 11.2. The Hall–Kier alpha value is -3.35. The maximum absolute atomic E-state index is 13.4. The van der Waals surface area contributed by atoms with Crippen molar-refractivity contribution in [1.29, 1.82) is 0 Å². The molecule has 0 atom stereocenters. The van der Waals surface area contributed by atoms with Crippen LogP contribution in [0.4, 0.5) is 11.4 Å². The molecular weight excluding hydrogens is 434 g/mol. The molecule has 7 heteroatoms. The van der Waals surface area contributed by atoms with Crippen LogP contribution in [0.15, 0.2) is 79.1 Å². The Bertz CT molecular complexity index is 1260. The molecule has 1 amide bonds. The van der Waals surface area contributed by atoms with E-state index >= 15 is 0 Å². The number of anilines is 2. The Balaban J connectivity index is 1.26. The molecule has 1 aliphatic rings. The highest BCUT2D eigenvalue weighted by Crippen LogP contribution is 2.23. The van der Waals surface area contributed by atoms with Gasteiger partial charge in [0.2, 0.25) is 0 Å². The quantitative estimate of drug-likeness (QED) is 0.452. The molecule has 0 radical (unpaired) electrons.